The fraction of sp³-hybridized carbons (Fsp3) is 0.174. The van der Waals surface area contributed by atoms with Crippen molar-refractivity contribution in [3.05, 3.63) is 83.6 Å². The van der Waals surface area contributed by atoms with Gasteiger partial charge < -0.3 is 16.0 Å². The van der Waals surface area contributed by atoms with E-state index in [4.69, 9.17) is 0 Å². The number of nitrogens with zero attached hydrogens (tertiary/aromatic N) is 2. The van der Waals surface area contributed by atoms with Gasteiger partial charge in [0.2, 0.25) is 11.9 Å². The van der Waals surface area contributed by atoms with Crippen LogP contribution < -0.4 is 16.0 Å². The number of carbonyl (C=O) groups excluding carboxylic acids is 1. The van der Waals surface area contributed by atoms with Gasteiger partial charge in [-0.3, -0.25) is 4.79 Å². The lowest BCUT2D eigenvalue weighted by Crippen LogP contribution is -2.27. The molecule has 0 spiro atoms. The number of carbonyl (C=O) groups is 1. The van der Waals surface area contributed by atoms with Gasteiger partial charge in [-0.05, 0) is 37.6 Å². The molecule has 3 rings (SSSR count). The van der Waals surface area contributed by atoms with Crippen LogP contribution in [-0.4, -0.2) is 29.0 Å². The minimum atomic E-state index is -0.137. The van der Waals surface area contributed by atoms with E-state index in [-0.39, 0.29) is 5.91 Å². The molecule has 0 aliphatic carbocycles. The van der Waals surface area contributed by atoms with Crippen molar-refractivity contribution in [2.24, 2.45) is 0 Å². The van der Waals surface area contributed by atoms with E-state index in [1.54, 1.807) is 6.08 Å². The summed E-state index contributed by atoms with van der Waals surface area (Å²) in [6.07, 6.45) is 3.32. The Hall–Kier alpha value is -3.67. The molecular weight excluding hydrogens is 362 g/mol. The number of amides is 1. The molecule has 0 saturated carbocycles. The first kappa shape index (κ1) is 20.1. The Kier molecular flexibility index (Phi) is 6.95. The zero-order valence-corrected chi connectivity index (χ0v) is 16.6. The Labute approximate surface area is 171 Å². The second kappa shape index (κ2) is 10.0. The Bertz CT molecular complexity index is 968. The van der Waals surface area contributed by atoms with Crippen molar-refractivity contribution >= 4 is 29.4 Å². The van der Waals surface area contributed by atoms with Crippen molar-refractivity contribution in [1.29, 1.82) is 0 Å². The van der Waals surface area contributed by atoms with E-state index in [0.29, 0.717) is 19.0 Å². The van der Waals surface area contributed by atoms with Crippen LogP contribution in [0.2, 0.25) is 0 Å². The maximum absolute atomic E-state index is 11.9. The maximum atomic E-state index is 11.9. The third kappa shape index (κ3) is 6.77. The summed E-state index contributed by atoms with van der Waals surface area (Å²) in [7, 11) is 0. The number of anilines is 3. The molecule has 2 aromatic carbocycles. The molecule has 1 heterocycles. The first-order valence-electron chi connectivity index (χ1n) is 9.53. The highest BCUT2D eigenvalue weighted by Gasteiger charge is 2.03. The van der Waals surface area contributed by atoms with Crippen LogP contribution in [0.1, 0.15) is 16.8 Å². The first-order chi connectivity index (χ1) is 14.1. The standard InChI is InChI=1S/C23H25N5O/c1-17-8-11-20(12-9-17)27-21-16-18(2)26-23(28-21)25-15-14-24-22(29)13-10-19-6-4-3-5-7-19/h3-13,16H,14-15H2,1-2H3,(H,24,29)(H2,25,26,27,28)/b13-10+. The van der Waals surface area contributed by atoms with Gasteiger partial charge in [0.1, 0.15) is 5.82 Å². The number of benzene rings is 2. The average Bonchev–Trinajstić information content (AvgIpc) is 2.72. The molecule has 0 unspecified atom stereocenters. The normalized spacial score (nSPS) is 10.7. The van der Waals surface area contributed by atoms with Crippen LogP contribution >= 0.6 is 0 Å². The van der Waals surface area contributed by atoms with Crippen LogP contribution in [-0.2, 0) is 4.79 Å². The Morgan fingerprint density at radius 3 is 2.48 bits per heavy atom. The summed E-state index contributed by atoms with van der Waals surface area (Å²) < 4.78 is 0. The van der Waals surface area contributed by atoms with Gasteiger partial charge in [0.05, 0.1) is 0 Å². The molecule has 0 bridgehead atoms. The van der Waals surface area contributed by atoms with Gasteiger partial charge in [-0.15, -0.1) is 0 Å². The van der Waals surface area contributed by atoms with E-state index in [9.17, 15) is 4.79 Å². The molecule has 6 nitrogen and oxygen atoms in total. The SMILES string of the molecule is Cc1ccc(Nc2cc(C)nc(NCCNC(=O)/C=C/c3ccccc3)n2)cc1. The molecule has 3 N–H and O–H groups in total. The number of hydrogen-bond donors (Lipinski definition) is 3. The molecule has 1 amide bonds. The third-order valence-corrected chi connectivity index (χ3v) is 4.11. The zero-order chi connectivity index (χ0) is 20.5. The molecule has 0 aliphatic rings. The van der Waals surface area contributed by atoms with Crippen molar-refractivity contribution < 1.29 is 4.79 Å². The molecule has 148 valence electrons. The van der Waals surface area contributed by atoms with Gasteiger partial charge in [0.15, 0.2) is 0 Å². The number of nitrogens with one attached hydrogen (secondary N) is 3. The zero-order valence-electron chi connectivity index (χ0n) is 16.6. The predicted octanol–water partition coefficient (Wildman–Crippen LogP) is 4.08. The second-order valence-corrected chi connectivity index (χ2v) is 6.67. The van der Waals surface area contributed by atoms with E-state index >= 15 is 0 Å². The third-order valence-electron chi connectivity index (χ3n) is 4.11. The van der Waals surface area contributed by atoms with Gasteiger partial charge in [0.25, 0.3) is 0 Å². The van der Waals surface area contributed by atoms with Crippen molar-refractivity contribution in [3.8, 4) is 0 Å². The van der Waals surface area contributed by atoms with E-state index in [1.165, 1.54) is 11.6 Å². The monoisotopic (exact) mass is 387 g/mol. The smallest absolute Gasteiger partial charge is 0.244 e. The van der Waals surface area contributed by atoms with Crippen molar-refractivity contribution in [1.82, 2.24) is 15.3 Å². The fourth-order valence-corrected chi connectivity index (χ4v) is 2.65. The van der Waals surface area contributed by atoms with Crippen LogP contribution in [0.4, 0.5) is 17.5 Å². The number of aromatic nitrogens is 2. The summed E-state index contributed by atoms with van der Waals surface area (Å²) in [6, 6.07) is 19.7. The number of hydrogen-bond acceptors (Lipinski definition) is 5. The number of aryl methyl sites for hydroxylation is 2. The fourth-order valence-electron chi connectivity index (χ4n) is 2.65. The van der Waals surface area contributed by atoms with Crippen molar-refractivity contribution in [2.75, 3.05) is 23.7 Å². The Morgan fingerprint density at radius 2 is 1.72 bits per heavy atom. The number of rotatable bonds is 8. The summed E-state index contributed by atoms with van der Waals surface area (Å²) in [5.74, 6) is 1.11. The minimum Gasteiger partial charge on any atom is -0.352 e. The molecular formula is C23H25N5O. The highest BCUT2D eigenvalue weighted by molar-refractivity contribution is 5.91. The van der Waals surface area contributed by atoms with Crippen molar-refractivity contribution in [3.63, 3.8) is 0 Å². The summed E-state index contributed by atoms with van der Waals surface area (Å²) in [4.78, 5) is 20.8. The molecule has 0 saturated heterocycles. The van der Waals surface area contributed by atoms with Gasteiger partial charge in [0, 0.05) is 36.6 Å². The largest absolute Gasteiger partial charge is 0.352 e. The van der Waals surface area contributed by atoms with Gasteiger partial charge in [-0.2, -0.15) is 4.98 Å². The van der Waals surface area contributed by atoms with Crippen LogP contribution in [0.25, 0.3) is 6.08 Å². The summed E-state index contributed by atoms with van der Waals surface area (Å²) in [5, 5.41) is 9.27. The minimum absolute atomic E-state index is 0.137. The second-order valence-electron chi connectivity index (χ2n) is 6.67. The molecule has 0 radical (unpaired) electrons. The molecule has 0 aliphatic heterocycles. The molecule has 1 aromatic heterocycles. The van der Waals surface area contributed by atoms with Gasteiger partial charge in [-0.25, -0.2) is 4.98 Å². The van der Waals surface area contributed by atoms with E-state index in [2.05, 4.69) is 32.8 Å². The molecule has 29 heavy (non-hydrogen) atoms. The molecule has 0 fully saturated rings. The Morgan fingerprint density at radius 1 is 0.966 bits per heavy atom. The molecule has 6 heteroatoms. The highest BCUT2D eigenvalue weighted by atomic mass is 16.1. The lowest BCUT2D eigenvalue weighted by atomic mass is 10.2. The van der Waals surface area contributed by atoms with E-state index in [1.807, 2.05) is 67.6 Å². The average molecular weight is 387 g/mol. The summed E-state index contributed by atoms with van der Waals surface area (Å²) in [5.41, 5.74) is 4.02. The molecule has 3 aromatic rings. The lowest BCUT2D eigenvalue weighted by molar-refractivity contribution is -0.116. The predicted molar refractivity (Wildman–Crippen MR) is 118 cm³/mol. The highest BCUT2D eigenvalue weighted by Crippen LogP contribution is 2.17. The summed E-state index contributed by atoms with van der Waals surface area (Å²) in [6.45, 7) is 4.97. The van der Waals surface area contributed by atoms with Gasteiger partial charge >= 0.3 is 0 Å². The topological polar surface area (TPSA) is 78.9 Å². The quantitative estimate of drug-likeness (QED) is 0.401. The first-order valence-corrected chi connectivity index (χ1v) is 9.53. The van der Waals surface area contributed by atoms with Crippen LogP contribution in [0, 0.1) is 13.8 Å². The summed E-state index contributed by atoms with van der Waals surface area (Å²) >= 11 is 0. The van der Waals surface area contributed by atoms with Crippen LogP contribution in [0.3, 0.4) is 0 Å². The van der Waals surface area contributed by atoms with E-state index < -0.39 is 0 Å². The molecule has 0 atom stereocenters. The maximum Gasteiger partial charge on any atom is 0.244 e. The van der Waals surface area contributed by atoms with Crippen LogP contribution in [0.15, 0.2) is 66.7 Å². The van der Waals surface area contributed by atoms with Crippen molar-refractivity contribution in [2.45, 2.75) is 13.8 Å². The van der Waals surface area contributed by atoms with Crippen LogP contribution in [0.5, 0.6) is 0 Å². The lowest BCUT2D eigenvalue weighted by Gasteiger charge is -2.10. The van der Waals surface area contributed by atoms with Gasteiger partial charge in [-0.1, -0.05) is 48.0 Å². The Balaban J connectivity index is 1.47. The van der Waals surface area contributed by atoms with E-state index in [0.717, 1.165) is 22.8 Å².